The normalized spacial score (nSPS) is 11.9. The number of phenols is 1. The van der Waals surface area contributed by atoms with Crippen LogP contribution in [-0.2, 0) is 27.3 Å². The van der Waals surface area contributed by atoms with Crippen LogP contribution in [0, 0.1) is 6.92 Å². The predicted octanol–water partition coefficient (Wildman–Crippen LogP) is -3.43. The number of fused-ring (bicyclic) bond motifs is 1. The molecule has 37 heavy (non-hydrogen) atoms. The van der Waals surface area contributed by atoms with Gasteiger partial charge in [0.05, 0.1) is 21.2 Å². The summed E-state index contributed by atoms with van der Waals surface area (Å²) in [4.78, 5) is 11.3. The maximum Gasteiger partial charge on any atom is 1.00 e. The van der Waals surface area contributed by atoms with Crippen LogP contribution in [0.15, 0.2) is 79.4 Å². The van der Waals surface area contributed by atoms with Crippen molar-refractivity contribution in [2.24, 2.45) is 17.3 Å². The zero-order chi connectivity index (χ0) is 25.7. The second-order valence-corrected chi connectivity index (χ2v) is 10.2. The van der Waals surface area contributed by atoms with E-state index in [-0.39, 0.29) is 75.6 Å². The van der Waals surface area contributed by atoms with E-state index in [4.69, 9.17) is 0 Å². The third-order valence-corrected chi connectivity index (χ3v) is 7.04. The van der Waals surface area contributed by atoms with Crippen molar-refractivity contribution in [2.75, 3.05) is 0 Å². The molecule has 0 saturated heterocycles. The molecule has 1 aromatic heterocycles. The first-order valence-electron chi connectivity index (χ1n) is 9.78. The van der Waals surface area contributed by atoms with Gasteiger partial charge in [-0.05, 0) is 48.7 Å². The standard InChI is InChI=1S/C21H18N4O8S2.2Na/c1-12-18(21(27)25(24(12)2)14-6-4-3-5-7-14)22-23-19-17(35(31,32)33)11-13-10-15(34(28,29)30)8-9-16(13)20(19)26;;/h3-11,26H,1-2H3,(H,28,29,30)(H,31,32,33);;/q;2*+1/p-2. The molecule has 0 radical (unpaired) electrons. The van der Waals surface area contributed by atoms with Crippen molar-refractivity contribution in [1.29, 1.82) is 0 Å². The van der Waals surface area contributed by atoms with Crippen LogP contribution in [0.25, 0.3) is 16.5 Å². The van der Waals surface area contributed by atoms with Crippen molar-refractivity contribution in [3.8, 4) is 11.4 Å². The molecule has 12 nitrogen and oxygen atoms in total. The Balaban J connectivity index is 0.00000241. The van der Waals surface area contributed by atoms with Crippen LogP contribution >= 0.6 is 0 Å². The molecular weight excluding hydrogens is 546 g/mol. The molecule has 0 aliphatic heterocycles. The van der Waals surface area contributed by atoms with Crippen LogP contribution in [0.1, 0.15) is 5.69 Å². The van der Waals surface area contributed by atoms with Gasteiger partial charge in [-0.25, -0.2) is 21.5 Å². The maximum absolute atomic E-state index is 13.0. The summed E-state index contributed by atoms with van der Waals surface area (Å²) in [7, 11) is -8.53. The van der Waals surface area contributed by atoms with Gasteiger partial charge in [0.1, 0.15) is 25.9 Å². The molecule has 0 aliphatic carbocycles. The number of para-hydroxylation sites is 1. The summed E-state index contributed by atoms with van der Waals surface area (Å²) >= 11 is 0. The Morgan fingerprint density at radius 1 is 0.865 bits per heavy atom. The third kappa shape index (κ3) is 6.09. The minimum absolute atomic E-state index is 0. The number of aromatic hydroxyl groups is 1. The van der Waals surface area contributed by atoms with Crippen molar-refractivity contribution in [3.63, 3.8) is 0 Å². The van der Waals surface area contributed by atoms with Gasteiger partial charge in [-0.1, -0.05) is 18.2 Å². The first kappa shape index (κ1) is 31.4. The van der Waals surface area contributed by atoms with Crippen molar-refractivity contribution in [3.05, 3.63) is 70.6 Å². The summed E-state index contributed by atoms with van der Waals surface area (Å²) in [5.74, 6) is -0.799. The molecule has 16 heteroatoms. The molecule has 1 heterocycles. The maximum atomic E-state index is 13.0. The number of azo groups is 1. The minimum atomic E-state index is -5.25. The molecule has 1 N–H and O–H groups in total. The second-order valence-electron chi connectivity index (χ2n) is 7.47. The van der Waals surface area contributed by atoms with Gasteiger partial charge >= 0.3 is 59.1 Å². The summed E-state index contributed by atoms with van der Waals surface area (Å²) in [5, 5.41) is 17.9. The Labute approximate surface area is 255 Å². The topological polar surface area (TPSA) is 186 Å². The molecule has 0 saturated carbocycles. The van der Waals surface area contributed by atoms with E-state index in [0.717, 1.165) is 24.3 Å². The molecule has 0 atom stereocenters. The third-order valence-electron chi connectivity index (χ3n) is 5.35. The van der Waals surface area contributed by atoms with Crippen molar-refractivity contribution in [2.45, 2.75) is 16.7 Å². The van der Waals surface area contributed by atoms with Crippen molar-refractivity contribution < 1.29 is 90.2 Å². The average Bonchev–Trinajstić information content (AvgIpc) is 3.00. The van der Waals surface area contributed by atoms with Crippen molar-refractivity contribution >= 4 is 42.4 Å². The molecule has 0 unspecified atom stereocenters. The van der Waals surface area contributed by atoms with Crippen LogP contribution < -0.4 is 64.7 Å². The molecule has 182 valence electrons. The van der Waals surface area contributed by atoms with E-state index >= 15 is 0 Å². The molecule has 0 fully saturated rings. The van der Waals surface area contributed by atoms with E-state index in [0.29, 0.717) is 11.4 Å². The summed E-state index contributed by atoms with van der Waals surface area (Å²) in [5.41, 5.74) is -0.598. The van der Waals surface area contributed by atoms with Gasteiger partial charge in [0.15, 0.2) is 11.4 Å². The fourth-order valence-corrected chi connectivity index (χ4v) is 4.69. The quantitative estimate of drug-likeness (QED) is 0.148. The molecule has 0 spiro atoms. The Hall–Kier alpha value is -1.85. The van der Waals surface area contributed by atoms with Gasteiger partial charge in [-0.3, -0.25) is 9.48 Å². The average molecular weight is 562 g/mol. The largest absolute Gasteiger partial charge is 1.00 e. The Kier molecular flexibility index (Phi) is 9.74. The summed E-state index contributed by atoms with van der Waals surface area (Å²) < 4.78 is 72.4. The van der Waals surface area contributed by atoms with Gasteiger partial charge in [0.2, 0.25) is 0 Å². The molecule has 0 bridgehead atoms. The van der Waals surface area contributed by atoms with Crippen LogP contribution in [0.2, 0.25) is 0 Å². The Morgan fingerprint density at radius 2 is 1.46 bits per heavy atom. The van der Waals surface area contributed by atoms with E-state index in [1.165, 1.54) is 9.36 Å². The van der Waals surface area contributed by atoms with Crippen LogP contribution in [-0.4, -0.2) is 40.4 Å². The molecule has 0 aliphatic rings. The fourth-order valence-electron chi connectivity index (χ4n) is 3.54. The number of rotatable bonds is 5. The number of nitrogens with zero attached hydrogens (tertiary/aromatic N) is 4. The summed E-state index contributed by atoms with van der Waals surface area (Å²) in [6.07, 6.45) is 0. The first-order chi connectivity index (χ1) is 16.3. The van der Waals surface area contributed by atoms with E-state index in [9.17, 15) is 35.8 Å². The SMILES string of the molecule is Cc1c(N=Nc2c(S(=O)(=O)[O-])cc3cc(S(=O)(=O)[O-])ccc3c2O)c(=O)n(-c2ccccc2)n1C.[Na+].[Na+]. The van der Waals surface area contributed by atoms with Crippen LogP contribution in [0.5, 0.6) is 5.75 Å². The number of phenolic OH excluding ortho intramolecular Hbond substituents is 1. The Bertz CT molecular complexity index is 1800. The van der Waals surface area contributed by atoms with Gasteiger partial charge in [0, 0.05) is 12.4 Å². The van der Waals surface area contributed by atoms with Crippen LogP contribution in [0.3, 0.4) is 0 Å². The van der Waals surface area contributed by atoms with Crippen molar-refractivity contribution in [1.82, 2.24) is 9.36 Å². The molecule has 3 aromatic carbocycles. The Morgan fingerprint density at radius 3 is 2.03 bits per heavy atom. The van der Waals surface area contributed by atoms with E-state index in [2.05, 4.69) is 10.2 Å². The zero-order valence-corrected chi connectivity index (χ0v) is 25.7. The van der Waals surface area contributed by atoms with Gasteiger partial charge in [0.25, 0.3) is 5.56 Å². The summed E-state index contributed by atoms with van der Waals surface area (Å²) in [6.45, 7) is 1.57. The number of hydrogen-bond acceptors (Lipinski definition) is 10. The molecule has 0 amide bonds. The monoisotopic (exact) mass is 562 g/mol. The fraction of sp³-hybridized carbons (Fsp3) is 0.0952. The van der Waals surface area contributed by atoms with Gasteiger partial charge in [-0.2, -0.15) is 0 Å². The first-order valence-corrected chi connectivity index (χ1v) is 12.6. The molecular formula is C21H16N4Na2O8S2. The summed E-state index contributed by atoms with van der Waals surface area (Å²) in [6, 6.07) is 12.2. The number of aromatic nitrogens is 2. The second kappa shape index (κ2) is 11.5. The smallest absolute Gasteiger partial charge is 0.744 e. The zero-order valence-electron chi connectivity index (χ0n) is 20.1. The number of benzene rings is 3. The molecule has 4 aromatic rings. The van der Waals surface area contributed by atoms with E-state index in [1.807, 2.05) is 0 Å². The van der Waals surface area contributed by atoms with Crippen LogP contribution in [0.4, 0.5) is 11.4 Å². The number of hydrogen-bond donors (Lipinski definition) is 1. The molecule has 4 rings (SSSR count). The predicted molar refractivity (Wildman–Crippen MR) is 121 cm³/mol. The minimum Gasteiger partial charge on any atom is -0.744 e. The van der Waals surface area contributed by atoms with Gasteiger partial charge in [-0.15, -0.1) is 10.2 Å². The van der Waals surface area contributed by atoms with E-state index in [1.54, 1.807) is 44.3 Å². The van der Waals surface area contributed by atoms with Gasteiger partial charge < -0.3 is 14.2 Å². The van der Waals surface area contributed by atoms with E-state index < -0.39 is 47.0 Å².